The third-order valence-corrected chi connectivity index (χ3v) is 5.59. The number of halogens is 1. The molecule has 2 aromatic carbocycles. The first-order chi connectivity index (χ1) is 14.9. The summed E-state index contributed by atoms with van der Waals surface area (Å²) >= 11 is 3.43. The molecule has 1 atom stereocenters. The lowest BCUT2D eigenvalue weighted by Crippen LogP contribution is -2.47. The summed E-state index contributed by atoms with van der Waals surface area (Å²) < 4.78 is 11.6. The van der Waals surface area contributed by atoms with Crippen LogP contribution in [0.3, 0.4) is 0 Å². The van der Waals surface area contributed by atoms with E-state index in [9.17, 15) is 9.59 Å². The monoisotopic (exact) mass is 490 g/mol. The average molecular weight is 491 g/mol. The van der Waals surface area contributed by atoms with Crippen LogP contribution in [-0.2, 0) is 22.6 Å². The van der Waals surface area contributed by atoms with Gasteiger partial charge in [-0.1, -0.05) is 41.1 Å². The molecule has 0 aromatic heterocycles. The number of ether oxygens (including phenoxy) is 2. The van der Waals surface area contributed by atoms with Crippen molar-refractivity contribution in [3.05, 3.63) is 58.1 Å². The number of methoxy groups -OCH3 is 2. The van der Waals surface area contributed by atoms with Gasteiger partial charge in [-0.05, 0) is 55.2 Å². The van der Waals surface area contributed by atoms with E-state index >= 15 is 0 Å². The molecule has 2 rings (SSSR count). The van der Waals surface area contributed by atoms with Crippen molar-refractivity contribution >= 4 is 27.7 Å². The molecule has 0 saturated carbocycles. The molecule has 0 heterocycles. The summed E-state index contributed by atoms with van der Waals surface area (Å²) in [7, 11) is 3.18. The van der Waals surface area contributed by atoms with E-state index in [1.165, 1.54) is 0 Å². The van der Waals surface area contributed by atoms with Gasteiger partial charge in [-0.3, -0.25) is 9.59 Å². The molecule has 31 heavy (non-hydrogen) atoms. The first-order valence-corrected chi connectivity index (χ1v) is 11.2. The summed E-state index contributed by atoms with van der Waals surface area (Å²) in [6.45, 7) is 4.74. The fraction of sp³-hybridized carbons (Fsp3) is 0.417. The Bertz CT molecular complexity index is 870. The minimum absolute atomic E-state index is 0.0724. The van der Waals surface area contributed by atoms with Gasteiger partial charge in [0.05, 0.1) is 14.2 Å². The molecular formula is C24H31BrN2O4. The molecule has 0 spiro atoms. The Morgan fingerprint density at radius 3 is 2.29 bits per heavy atom. The summed E-state index contributed by atoms with van der Waals surface area (Å²) in [6, 6.07) is 12.8. The Labute approximate surface area is 193 Å². The highest BCUT2D eigenvalue weighted by Gasteiger charge is 2.25. The van der Waals surface area contributed by atoms with Crippen LogP contribution < -0.4 is 14.8 Å². The minimum Gasteiger partial charge on any atom is -0.493 e. The third kappa shape index (κ3) is 7.28. The van der Waals surface area contributed by atoms with Gasteiger partial charge in [0.15, 0.2) is 11.5 Å². The lowest BCUT2D eigenvalue weighted by molar-refractivity contribution is -0.140. The lowest BCUT2D eigenvalue weighted by Gasteiger charge is -2.29. The van der Waals surface area contributed by atoms with Gasteiger partial charge in [-0.25, -0.2) is 0 Å². The molecule has 0 saturated heterocycles. The maximum absolute atomic E-state index is 13.2. The standard InChI is InChI=1S/C24H31BrN2O4/c1-5-14-26-24(29)17(2)27(16-19-6-10-20(25)11-7-19)23(28)13-9-18-8-12-21(30-3)22(15-18)31-4/h6-8,10-12,15,17H,5,9,13-14,16H2,1-4H3,(H,26,29). The maximum Gasteiger partial charge on any atom is 0.242 e. The molecule has 1 N–H and O–H groups in total. The Kier molecular flexibility index (Phi) is 9.85. The second kappa shape index (κ2) is 12.3. The molecule has 0 bridgehead atoms. The summed E-state index contributed by atoms with van der Waals surface area (Å²) in [6.07, 6.45) is 1.68. The van der Waals surface area contributed by atoms with Crippen molar-refractivity contribution in [2.45, 2.75) is 45.7 Å². The topological polar surface area (TPSA) is 67.9 Å². The summed E-state index contributed by atoms with van der Waals surface area (Å²) in [5, 5.41) is 2.89. The van der Waals surface area contributed by atoms with Crippen LogP contribution in [0, 0.1) is 0 Å². The highest BCUT2D eigenvalue weighted by atomic mass is 79.9. The van der Waals surface area contributed by atoms with E-state index in [1.54, 1.807) is 26.0 Å². The van der Waals surface area contributed by atoms with E-state index in [0.29, 0.717) is 31.0 Å². The predicted octanol–water partition coefficient (Wildman–Crippen LogP) is 4.34. The van der Waals surface area contributed by atoms with E-state index < -0.39 is 6.04 Å². The van der Waals surface area contributed by atoms with Crippen molar-refractivity contribution in [3.63, 3.8) is 0 Å². The smallest absolute Gasteiger partial charge is 0.242 e. The quantitative estimate of drug-likeness (QED) is 0.508. The molecule has 0 radical (unpaired) electrons. The Hall–Kier alpha value is -2.54. The SMILES string of the molecule is CCCNC(=O)C(C)N(Cc1ccc(Br)cc1)C(=O)CCc1ccc(OC)c(OC)c1. The number of rotatable bonds is 11. The number of nitrogens with one attached hydrogen (secondary N) is 1. The van der Waals surface area contributed by atoms with Gasteiger partial charge in [0.2, 0.25) is 11.8 Å². The van der Waals surface area contributed by atoms with E-state index in [4.69, 9.17) is 9.47 Å². The van der Waals surface area contributed by atoms with Crippen molar-refractivity contribution < 1.29 is 19.1 Å². The fourth-order valence-electron chi connectivity index (χ4n) is 3.20. The van der Waals surface area contributed by atoms with Crippen LogP contribution in [0.1, 0.15) is 37.8 Å². The second-order valence-electron chi connectivity index (χ2n) is 7.30. The summed E-state index contributed by atoms with van der Waals surface area (Å²) in [4.78, 5) is 27.4. The second-order valence-corrected chi connectivity index (χ2v) is 8.22. The van der Waals surface area contributed by atoms with Gasteiger partial charge in [-0.2, -0.15) is 0 Å². The van der Waals surface area contributed by atoms with Crippen molar-refractivity contribution in [3.8, 4) is 11.5 Å². The van der Waals surface area contributed by atoms with Gasteiger partial charge in [0, 0.05) is 24.0 Å². The van der Waals surface area contributed by atoms with Gasteiger partial charge < -0.3 is 19.7 Å². The molecule has 168 valence electrons. The van der Waals surface area contributed by atoms with Crippen molar-refractivity contribution in [2.24, 2.45) is 0 Å². The molecule has 0 aliphatic carbocycles. The Morgan fingerprint density at radius 1 is 1.03 bits per heavy atom. The van der Waals surface area contributed by atoms with Crippen LogP contribution in [0.4, 0.5) is 0 Å². The van der Waals surface area contributed by atoms with Crippen molar-refractivity contribution in [2.75, 3.05) is 20.8 Å². The van der Waals surface area contributed by atoms with Gasteiger partial charge in [0.25, 0.3) is 0 Å². The van der Waals surface area contributed by atoms with Crippen LogP contribution in [0.2, 0.25) is 0 Å². The van der Waals surface area contributed by atoms with Crippen molar-refractivity contribution in [1.29, 1.82) is 0 Å². The third-order valence-electron chi connectivity index (χ3n) is 5.06. The number of carbonyl (C=O) groups excluding carboxylic acids is 2. The first-order valence-electron chi connectivity index (χ1n) is 10.4. The Morgan fingerprint density at radius 2 is 1.68 bits per heavy atom. The predicted molar refractivity (Wildman–Crippen MR) is 125 cm³/mol. The number of aryl methyl sites for hydroxylation is 1. The van der Waals surface area contributed by atoms with E-state index in [0.717, 1.165) is 22.0 Å². The zero-order valence-corrected chi connectivity index (χ0v) is 20.2. The zero-order valence-electron chi connectivity index (χ0n) is 18.6. The molecule has 6 nitrogen and oxygen atoms in total. The number of benzene rings is 2. The van der Waals surface area contributed by atoms with Gasteiger partial charge in [-0.15, -0.1) is 0 Å². The molecule has 0 fully saturated rings. The van der Waals surface area contributed by atoms with Crippen LogP contribution in [0.25, 0.3) is 0 Å². The fourth-order valence-corrected chi connectivity index (χ4v) is 3.46. The molecule has 0 aliphatic heterocycles. The largest absolute Gasteiger partial charge is 0.493 e. The number of hydrogen-bond donors (Lipinski definition) is 1. The molecule has 2 amide bonds. The van der Waals surface area contributed by atoms with E-state index in [2.05, 4.69) is 21.2 Å². The number of nitrogens with zero attached hydrogens (tertiary/aromatic N) is 1. The number of carbonyl (C=O) groups is 2. The first kappa shape index (κ1) is 24.7. The molecular weight excluding hydrogens is 460 g/mol. The van der Waals surface area contributed by atoms with Gasteiger partial charge in [0.1, 0.15) is 6.04 Å². The number of amides is 2. The Balaban J connectivity index is 2.14. The van der Waals surface area contributed by atoms with Crippen LogP contribution in [0.15, 0.2) is 46.9 Å². The zero-order chi connectivity index (χ0) is 22.8. The molecule has 0 aliphatic rings. The molecule has 7 heteroatoms. The lowest BCUT2D eigenvalue weighted by atomic mass is 10.1. The summed E-state index contributed by atoms with van der Waals surface area (Å²) in [5.41, 5.74) is 1.94. The molecule has 2 aromatic rings. The average Bonchev–Trinajstić information content (AvgIpc) is 2.79. The number of hydrogen-bond acceptors (Lipinski definition) is 4. The van der Waals surface area contributed by atoms with Crippen molar-refractivity contribution in [1.82, 2.24) is 10.2 Å². The van der Waals surface area contributed by atoms with Gasteiger partial charge >= 0.3 is 0 Å². The van der Waals surface area contributed by atoms with Crippen LogP contribution >= 0.6 is 15.9 Å². The maximum atomic E-state index is 13.2. The van der Waals surface area contributed by atoms with Crippen LogP contribution in [0.5, 0.6) is 11.5 Å². The highest BCUT2D eigenvalue weighted by Crippen LogP contribution is 2.28. The molecule has 1 unspecified atom stereocenters. The normalized spacial score (nSPS) is 11.5. The highest BCUT2D eigenvalue weighted by molar-refractivity contribution is 9.10. The van der Waals surface area contributed by atoms with E-state index in [-0.39, 0.29) is 18.2 Å². The van der Waals surface area contributed by atoms with Crippen LogP contribution in [-0.4, -0.2) is 43.5 Å². The minimum atomic E-state index is -0.562. The van der Waals surface area contributed by atoms with E-state index in [1.807, 2.05) is 49.4 Å². The summed E-state index contributed by atoms with van der Waals surface area (Å²) in [5.74, 6) is 1.07.